The molecule has 134 valence electrons. The lowest BCUT2D eigenvalue weighted by atomic mass is 10.0. The molecule has 0 fully saturated rings. The van der Waals surface area contributed by atoms with Crippen molar-refractivity contribution in [2.45, 2.75) is 20.3 Å². The van der Waals surface area contributed by atoms with Crippen LogP contribution in [-0.2, 0) is 11.2 Å². The second-order valence-electron chi connectivity index (χ2n) is 6.02. The summed E-state index contributed by atoms with van der Waals surface area (Å²) in [5.41, 5.74) is 1.51. The predicted octanol–water partition coefficient (Wildman–Crippen LogP) is 3.76. The third kappa shape index (κ3) is 3.43. The number of phenols is 2. The summed E-state index contributed by atoms with van der Waals surface area (Å²) in [6, 6.07) is 7.85. The highest BCUT2D eigenvalue weighted by Crippen LogP contribution is 2.32. The van der Waals surface area contributed by atoms with Crippen molar-refractivity contribution in [1.82, 2.24) is 0 Å². The van der Waals surface area contributed by atoms with Crippen LogP contribution in [-0.4, -0.2) is 16.1 Å². The molecule has 1 aromatic heterocycles. The second kappa shape index (κ2) is 6.84. The largest absolute Gasteiger partial charge is 0.508 e. The fourth-order valence-corrected chi connectivity index (χ4v) is 3.31. The molecule has 0 radical (unpaired) electrons. The maximum absolute atomic E-state index is 12.4. The molecule has 2 aromatic carbocycles. The van der Waals surface area contributed by atoms with E-state index in [-0.39, 0.29) is 35.0 Å². The Kier molecular flexibility index (Phi) is 4.73. The first-order valence-corrected chi connectivity index (χ1v) is 8.60. The summed E-state index contributed by atoms with van der Waals surface area (Å²) in [5.74, 6) is -0.802. The number of rotatable bonds is 3. The molecule has 1 amide bonds. The summed E-state index contributed by atoms with van der Waals surface area (Å²) in [7, 11) is 0. The Morgan fingerprint density at radius 3 is 2.62 bits per heavy atom. The summed E-state index contributed by atoms with van der Waals surface area (Å²) in [5, 5.41) is 22.6. The number of hydrogen-bond donors (Lipinski definition) is 3. The van der Waals surface area contributed by atoms with Gasteiger partial charge in [-0.2, -0.15) is 0 Å². The molecule has 0 aliphatic carbocycles. The van der Waals surface area contributed by atoms with Gasteiger partial charge in [0.05, 0.1) is 17.4 Å². The standard InChI is InChI=1S/C19H16BrNO5/c1-9-5-11(20)3-4-14(9)21-17(24)8-13-10(2)18-15(23)6-12(22)7-16(18)26-19(13)25/h3-7,22-23H,8H2,1-2H3,(H,21,24). The van der Waals surface area contributed by atoms with Gasteiger partial charge in [-0.1, -0.05) is 15.9 Å². The lowest BCUT2D eigenvalue weighted by molar-refractivity contribution is -0.115. The SMILES string of the molecule is Cc1cc(Br)ccc1NC(=O)Cc1c(C)c2c(O)cc(O)cc2oc1=O. The maximum atomic E-state index is 12.4. The molecule has 3 aromatic rings. The number of phenolic OH excluding ortho intramolecular Hbond substituents is 2. The Labute approximate surface area is 157 Å². The van der Waals surface area contributed by atoms with Gasteiger partial charge in [-0.15, -0.1) is 0 Å². The van der Waals surface area contributed by atoms with Crippen LogP contribution in [0.1, 0.15) is 16.7 Å². The van der Waals surface area contributed by atoms with E-state index in [2.05, 4.69) is 21.2 Å². The van der Waals surface area contributed by atoms with E-state index < -0.39 is 5.63 Å². The molecule has 7 heteroatoms. The predicted molar refractivity (Wildman–Crippen MR) is 102 cm³/mol. The lowest BCUT2D eigenvalue weighted by Crippen LogP contribution is -2.21. The molecule has 0 aliphatic heterocycles. The molecule has 3 N–H and O–H groups in total. The molecule has 0 spiro atoms. The van der Waals surface area contributed by atoms with Crippen LogP contribution in [0.25, 0.3) is 11.0 Å². The Hall–Kier alpha value is -2.80. The number of carbonyl (C=O) groups excluding carboxylic acids is 1. The first-order valence-electron chi connectivity index (χ1n) is 7.80. The van der Waals surface area contributed by atoms with Crippen LogP contribution >= 0.6 is 15.9 Å². The van der Waals surface area contributed by atoms with E-state index >= 15 is 0 Å². The van der Waals surface area contributed by atoms with Crippen LogP contribution < -0.4 is 10.9 Å². The zero-order chi connectivity index (χ0) is 19.0. The molecule has 1 heterocycles. The Balaban J connectivity index is 1.95. The van der Waals surface area contributed by atoms with E-state index in [1.165, 1.54) is 6.07 Å². The van der Waals surface area contributed by atoms with Gasteiger partial charge in [0.25, 0.3) is 0 Å². The topological polar surface area (TPSA) is 99.8 Å². The normalized spacial score (nSPS) is 10.9. The summed E-state index contributed by atoms with van der Waals surface area (Å²) in [6.45, 7) is 3.49. The third-order valence-corrected chi connectivity index (χ3v) is 4.64. The zero-order valence-corrected chi connectivity index (χ0v) is 15.7. The number of aryl methyl sites for hydroxylation is 2. The Morgan fingerprint density at radius 1 is 1.19 bits per heavy atom. The fourth-order valence-electron chi connectivity index (χ4n) is 2.84. The number of amides is 1. The van der Waals surface area contributed by atoms with Gasteiger partial charge in [-0.25, -0.2) is 4.79 Å². The van der Waals surface area contributed by atoms with Gasteiger partial charge >= 0.3 is 5.63 Å². The van der Waals surface area contributed by atoms with Crippen molar-refractivity contribution < 1.29 is 19.4 Å². The second-order valence-corrected chi connectivity index (χ2v) is 6.93. The highest BCUT2D eigenvalue weighted by Gasteiger charge is 2.18. The lowest BCUT2D eigenvalue weighted by Gasteiger charge is -2.11. The molecule has 0 aliphatic rings. The Morgan fingerprint density at radius 2 is 1.92 bits per heavy atom. The summed E-state index contributed by atoms with van der Waals surface area (Å²) < 4.78 is 6.06. The number of nitrogens with one attached hydrogen (secondary N) is 1. The summed E-state index contributed by atoms with van der Waals surface area (Å²) in [4.78, 5) is 24.7. The van der Waals surface area contributed by atoms with E-state index in [4.69, 9.17) is 4.42 Å². The van der Waals surface area contributed by atoms with Gasteiger partial charge in [-0.05, 0) is 43.2 Å². The van der Waals surface area contributed by atoms with Crippen molar-refractivity contribution in [3.63, 3.8) is 0 Å². The van der Waals surface area contributed by atoms with Crippen LogP contribution in [0.5, 0.6) is 11.5 Å². The quantitative estimate of drug-likeness (QED) is 0.563. The number of aromatic hydroxyl groups is 2. The van der Waals surface area contributed by atoms with Crippen molar-refractivity contribution in [3.05, 3.63) is 61.9 Å². The van der Waals surface area contributed by atoms with Crippen molar-refractivity contribution in [1.29, 1.82) is 0 Å². The van der Waals surface area contributed by atoms with Gasteiger partial charge in [-0.3, -0.25) is 4.79 Å². The number of anilines is 1. The molecule has 26 heavy (non-hydrogen) atoms. The number of hydrogen-bond acceptors (Lipinski definition) is 5. The molecule has 0 bridgehead atoms. The number of benzene rings is 2. The van der Waals surface area contributed by atoms with E-state index in [9.17, 15) is 19.8 Å². The van der Waals surface area contributed by atoms with Gasteiger partial charge in [0.1, 0.15) is 17.1 Å². The molecular weight excluding hydrogens is 402 g/mol. The van der Waals surface area contributed by atoms with Crippen molar-refractivity contribution in [2.75, 3.05) is 5.32 Å². The van der Waals surface area contributed by atoms with Crippen LogP contribution in [0.4, 0.5) is 5.69 Å². The zero-order valence-electron chi connectivity index (χ0n) is 14.1. The first-order chi connectivity index (χ1) is 12.3. The molecule has 3 rings (SSSR count). The van der Waals surface area contributed by atoms with E-state index in [0.29, 0.717) is 16.6 Å². The van der Waals surface area contributed by atoms with Crippen LogP contribution in [0.15, 0.2) is 44.0 Å². The molecule has 0 saturated heterocycles. The van der Waals surface area contributed by atoms with Crippen molar-refractivity contribution in [2.24, 2.45) is 0 Å². The molecule has 0 saturated carbocycles. The number of carbonyl (C=O) groups is 1. The van der Waals surface area contributed by atoms with E-state index in [1.807, 2.05) is 19.1 Å². The van der Waals surface area contributed by atoms with E-state index in [1.54, 1.807) is 13.0 Å². The first kappa shape index (κ1) is 18.0. The van der Waals surface area contributed by atoms with Crippen LogP contribution in [0.3, 0.4) is 0 Å². The average molecular weight is 418 g/mol. The molecular formula is C19H16BrNO5. The average Bonchev–Trinajstić information content (AvgIpc) is 2.53. The highest BCUT2D eigenvalue weighted by atomic mass is 79.9. The third-order valence-electron chi connectivity index (χ3n) is 4.14. The van der Waals surface area contributed by atoms with Crippen LogP contribution in [0, 0.1) is 13.8 Å². The smallest absolute Gasteiger partial charge is 0.340 e. The minimum Gasteiger partial charge on any atom is -0.508 e. The van der Waals surface area contributed by atoms with Crippen molar-refractivity contribution >= 4 is 38.5 Å². The van der Waals surface area contributed by atoms with Gasteiger partial charge in [0, 0.05) is 22.3 Å². The van der Waals surface area contributed by atoms with Crippen LogP contribution in [0.2, 0.25) is 0 Å². The minimum atomic E-state index is -0.678. The molecule has 0 atom stereocenters. The highest BCUT2D eigenvalue weighted by molar-refractivity contribution is 9.10. The number of fused-ring (bicyclic) bond motifs is 1. The molecule has 0 unspecified atom stereocenters. The molecule has 6 nitrogen and oxygen atoms in total. The van der Waals surface area contributed by atoms with Gasteiger partial charge in [0.2, 0.25) is 5.91 Å². The van der Waals surface area contributed by atoms with Gasteiger partial charge < -0.3 is 19.9 Å². The summed E-state index contributed by atoms with van der Waals surface area (Å²) >= 11 is 3.36. The number of halogens is 1. The Bertz CT molecular complexity index is 1090. The fraction of sp³-hybridized carbons (Fsp3) is 0.158. The summed E-state index contributed by atoms with van der Waals surface area (Å²) in [6.07, 6.45) is -0.195. The minimum absolute atomic E-state index is 0.0675. The van der Waals surface area contributed by atoms with Crippen molar-refractivity contribution in [3.8, 4) is 11.5 Å². The van der Waals surface area contributed by atoms with Gasteiger partial charge in [0.15, 0.2) is 0 Å². The van der Waals surface area contributed by atoms with E-state index in [0.717, 1.165) is 16.1 Å². The monoisotopic (exact) mass is 417 g/mol. The maximum Gasteiger partial charge on any atom is 0.340 e.